The molecule has 0 atom stereocenters. The fourth-order valence-electron chi connectivity index (χ4n) is 0.626. The molecule has 0 spiro atoms. The van der Waals surface area contributed by atoms with E-state index in [1.807, 2.05) is 0 Å². The van der Waals surface area contributed by atoms with Gasteiger partial charge in [-0.2, -0.15) is 26.3 Å². The highest BCUT2D eigenvalue weighted by atomic mass is 19.4. The largest absolute Gasteiger partial charge is 0.467 e. The molecule has 0 radical (unpaired) electrons. The van der Waals surface area contributed by atoms with Crippen LogP contribution < -0.4 is 0 Å². The van der Waals surface area contributed by atoms with Crippen LogP contribution in [0.25, 0.3) is 0 Å². The Hall–Kier alpha value is -0.500. The van der Waals surface area contributed by atoms with E-state index >= 15 is 0 Å². The van der Waals surface area contributed by atoms with Gasteiger partial charge in [0.05, 0.1) is 0 Å². The molecule has 0 aromatic heterocycles. The van der Waals surface area contributed by atoms with Crippen molar-refractivity contribution in [2.75, 3.05) is 13.2 Å². The number of hydrogen-bond acceptors (Lipinski definition) is 2. The van der Waals surface area contributed by atoms with Crippen LogP contribution in [0, 0.1) is 0 Å². The molecule has 0 aliphatic rings. The topological polar surface area (TPSA) is 23.5 Å². The highest BCUT2D eigenvalue weighted by Gasteiger charge is 2.53. The van der Waals surface area contributed by atoms with Crippen molar-refractivity contribution < 1.29 is 31.4 Å². The van der Waals surface area contributed by atoms with E-state index in [2.05, 4.69) is 0 Å². The lowest BCUT2D eigenvalue weighted by Gasteiger charge is -2.26. The van der Waals surface area contributed by atoms with E-state index in [9.17, 15) is 26.3 Å². The number of rotatable bonds is 3. The van der Waals surface area contributed by atoms with E-state index in [1.54, 1.807) is 0 Å². The first-order valence-electron chi connectivity index (χ1n) is 3.21. The molecular formula is C5H7F6NO. The minimum absolute atomic E-state index is 0.584. The average Bonchev–Trinajstić information content (AvgIpc) is 1.81. The van der Waals surface area contributed by atoms with E-state index in [1.165, 1.54) is 0 Å². The fourth-order valence-corrected chi connectivity index (χ4v) is 0.626. The molecule has 0 aliphatic heterocycles. The maximum atomic E-state index is 11.7. The summed E-state index contributed by atoms with van der Waals surface area (Å²) in [6.45, 7) is -2.01. The summed E-state index contributed by atoms with van der Waals surface area (Å²) in [5, 5.41) is 8.09. The van der Waals surface area contributed by atoms with Crippen LogP contribution in [0.4, 0.5) is 26.3 Å². The van der Waals surface area contributed by atoms with Crippen LogP contribution in [0.15, 0.2) is 0 Å². The molecule has 8 heteroatoms. The van der Waals surface area contributed by atoms with Crippen molar-refractivity contribution in [3.8, 4) is 0 Å². The number of aliphatic hydroxyl groups is 1. The molecule has 2 nitrogen and oxygen atoms in total. The lowest BCUT2D eigenvalue weighted by molar-refractivity contribution is -0.373. The van der Waals surface area contributed by atoms with Crippen LogP contribution in [0.1, 0.15) is 6.42 Å². The molecule has 0 saturated carbocycles. The molecule has 0 bridgehead atoms. The number of alkyl halides is 6. The summed E-state index contributed by atoms with van der Waals surface area (Å²) in [4.78, 5) is -1.57. The summed E-state index contributed by atoms with van der Waals surface area (Å²) in [7, 11) is 0. The van der Waals surface area contributed by atoms with E-state index < -0.39 is 37.1 Å². The van der Waals surface area contributed by atoms with Crippen molar-refractivity contribution in [3.05, 3.63) is 0 Å². The smallest absolute Gasteiger partial charge is 0.396 e. The zero-order valence-corrected chi connectivity index (χ0v) is 6.28. The fraction of sp³-hybridized carbons (Fsp3) is 1.00. The van der Waals surface area contributed by atoms with Gasteiger partial charge in [-0.25, -0.2) is 0 Å². The second-order valence-electron chi connectivity index (χ2n) is 2.16. The third-order valence-corrected chi connectivity index (χ3v) is 1.15. The van der Waals surface area contributed by atoms with Crippen LogP contribution >= 0.6 is 0 Å². The van der Waals surface area contributed by atoms with Crippen molar-refractivity contribution >= 4 is 0 Å². The molecular weight excluding hydrogens is 204 g/mol. The molecule has 80 valence electrons. The first kappa shape index (κ1) is 12.5. The Labute approximate surface area is 69.7 Å². The highest BCUT2D eigenvalue weighted by molar-refractivity contribution is 4.62. The second kappa shape index (κ2) is 4.14. The van der Waals surface area contributed by atoms with E-state index in [4.69, 9.17) is 5.11 Å². The Morgan fingerprint density at radius 3 is 1.54 bits per heavy atom. The van der Waals surface area contributed by atoms with Crippen molar-refractivity contribution in [1.29, 1.82) is 0 Å². The molecule has 0 amide bonds. The van der Waals surface area contributed by atoms with Gasteiger partial charge >= 0.3 is 12.6 Å². The first-order chi connectivity index (χ1) is 5.69. The van der Waals surface area contributed by atoms with Crippen molar-refractivity contribution in [2.24, 2.45) is 0 Å². The molecule has 0 rings (SSSR count). The van der Waals surface area contributed by atoms with Crippen molar-refractivity contribution in [2.45, 2.75) is 19.0 Å². The summed E-state index contributed by atoms with van der Waals surface area (Å²) in [6, 6.07) is 0. The Morgan fingerprint density at radius 1 is 0.923 bits per heavy atom. The Morgan fingerprint density at radius 2 is 1.31 bits per heavy atom. The number of halogens is 6. The van der Waals surface area contributed by atoms with Crippen LogP contribution in [0.3, 0.4) is 0 Å². The summed E-state index contributed by atoms with van der Waals surface area (Å²) >= 11 is 0. The normalized spacial score (nSPS) is 13.8. The van der Waals surface area contributed by atoms with Crippen molar-refractivity contribution in [3.63, 3.8) is 0 Å². The Balaban J connectivity index is 4.39. The lowest BCUT2D eigenvalue weighted by atomic mass is 10.4. The highest BCUT2D eigenvalue weighted by Crippen LogP contribution is 2.33. The quantitative estimate of drug-likeness (QED) is 0.567. The third-order valence-electron chi connectivity index (χ3n) is 1.15. The predicted molar refractivity (Wildman–Crippen MR) is 30.5 cm³/mol. The maximum Gasteiger partial charge on any atom is 0.467 e. The van der Waals surface area contributed by atoms with Gasteiger partial charge in [0.15, 0.2) is 0 Å². The Kier molecular flexibility index (Phi) is 3.98. The number of aliphatic hydroxyl groups excluding tert-OH is 1. The monoisotopic (exact) mass is 211 g/mol. The molecule has 0 aromatic carbocycles. The molecule has 0 aromatic rings. The molecule has 0 fully saturated rings. The summed E-state index contributed by atoms with van der Waals surface area (Å²) in [5.41, 5.74) is 0. The minimum atomic E-state index is -5.45. The molecule has 1 N–H and O–H groups in total. The van der Waals surface area contributed by atoms with E-state index in [0.29, 0.717) is 0 Å². The average molecular weight is 211 g/mol. The zero-order chi connectivity index (χ0) is 10.7. The maximum absolute atomic E-state index is 11.7. The molecule has 0 heterocycles. The molecule has 13 heavy (non-hydrogen) atoms. The van der Waals surface area contributed by atoms with Gasteiger partial charge < -0.3 is 5.11 Å². The summed E-state index contributed by atoms with van der Waals surface area (Å²) in [5.74, 6) is 0. The Bertz CT molecular complexity index is 138. The molecule has 0 aliphatic carbocycles. The summed E-state index contributed by atoms with van der Waals surface area (Å²) in [6.07, 6.45) is -11.5. The van der Waals surface area contributed by atoms with Crippen LogP contribution in [0.2, 0.25) is 0 Å². The van der Waals surface area contributed by atoms with Crippen molar-refractivity contribution in [1.82, 2.24) is 4.90 Å². The minimum Gasteiger partial charge on any atom is -0.396 e. The number of hydrogen-bond donors (Lipinski definition) is 1. The number of nitrogens with zero attached hydrogens (tertiary/aromatic N) is 1. The first-order valence-corrected chi connectivity index (χ1v) is 3.21. The zero-order valence-electron chi connectivity index (χ0n) is 6.28. The van der Waals surface area contributed by atoms with Crippen LogP contribution in [-0.4, -0.2) is 35.8 Å². The lowest BCUT2D eigenvalue weighted by Crippen LogP contribution is -2.48. The van der Waals surface area contributed by atoms with Gasteiger partial charge in [-0.05, 0) is 6.42 Å². The molecule has 0 saturated heterocycles. The van der Waals surface area contributed by atoms with Crippen LogP contribution in [-0.2, 0) is 0 Å². The van der Waals surface area contributed by atoms with Crippen LogP contribution in [0.5, 0.6) is 0 Å². The van der Waals surface area contributed by atoms with E-state index in [0.717, 1.165) is 0 Å². The van der Waals surface area contributed by atoms with Gasteiger partial charge in [0.25, 0.3) is 0 Å². The van der Waals surface area contributed by atoms with E-state index in [-0.39, 0.29) is 0 Å². The van der Waals surface area contributed by atoms with Gasteiger partial charge in [0.1, 0.15) is 0 Å². The van der Waals surface area contributed by atoms with Gasteiger partial charge in [-0.15, -0.1) is 4.90 Å². The van der Waals surface area contributed by atoms with Gasteiger partial charge in [0.2, 0.25) is 0 Å². The SMILES string of the molecule is OCCCN(C(F)(F)F)C(F)(F)F. The second-order valence-corrected chi connectivity index (χ2v) is 2.16. The van der Waals surface area contributed by atoms with Gasteiger partial charge in [0, 0.05) is 13.2 Å². The van der Waals surface area contributed by atoms with Gasteiger partial charge in [-0.3, -0.25) is 0 Å². The predicted octanol–water partition coefficient (Wildman–Crippen LogP) is 1.71. The standard InChI is InChI=1S/C5H7F6NO/c6-4(7,8)12(2-1-3-13)5(9,10)11/h13H,1-3H2. The third kappa shape index (κ3) is 4.32. The van der Waals surface area contributed by atoms with Gasteiger partial charge in [-0.1, -0.05) is 0 Å². The summed E-state index contributed by atoms with van der Waals surface area (Å²) < 4.78 is 70.0. The molecule has 0 unspecified atom stereocenters.